The Morgan fingerprint density at radius 2 is 2.24 bits per heavy atom. The van der Waals surface area contributed by atoms with Gasteiger partial charge < -0.3 is 0 Å². The molecule has 1 saturated heterocycles. The molecule has 0 saturated carbocycles. The highest BCUT2D eigenvalue weighted by Gasteiger charge is 2.31. The van der Waals surface area contributed by atoms with Gasteiger partial charge in [-0.05, 0) is 11.6 Å². The van der Waals surface area contributed by atoms with Crippen molar-refractivity contribution in [1.29, 1.82) is 0 Å². The Labute approximate surface area is 109 Å². The first-order chi connectivity index (χ1) is 8.22. The molecular weight excluding hydrogens is 257 g/mol. The Morgan fingerprint density at radius 3 is 2.88 bits per heavy atom. The fourth-order valence-electron chi connectivity index (χ4n) is 1.99. The molecule has 94 valence electrons. The summed E-state index contributed by atoms with van der Waals surface area (Å²) in [5.74, 6) is 7.59. The third kappa shape index (κ3) is 3.13. The van der Waals surface area contributed by atoms with Gasteiger partial charge in [0, 0.05) is 28.2 Å². The molecular formula is C11H16FN3S2. The molecule has 0 aliphatic carbocycles. The number of pyridine rings is 1. The summed E-state index contributed by atoms with van der Waals surface area (Å²) in [6.45, 7) is 2.19. The second-order valence-electron chi connectivity index (χ2n) is 3.99. The lowest BCUT2D eigenvalue weighted by Gasteiger charge is -2.34. The number of nitrogens with two attached hydrogens (primary N) is 1. The summed E-state index contributed by atoms with van der Waals surface area (Å²) in [5, 5.41) is 0.848. The molecule has 6 heteroatoms. The molecule has 3 atom stereocenters. The van der Waals surface area contributed by atoms with Crippen LogP contribution in [-0.4, -0.2) is 27.0 Å². The van der Waals surface area contributed by atoms with Crippen LogP contribution in [0.1, 0.15) is 18.5 Å². The first kappa shape index (κ1) is 13.1. The molecule has 1 aliphatic rings. The molecule has 3 unspecified atom stereocenters. The van der Waals surface area contributed by atoms with Crippen molar-refractivity contribution in [2.24, 2.45) is 5.84 Å². The number of nitrogens with one attached hydrogen (secondary N) is 1. The summed E-state index contributed by atoms with van der Waals surface area (Å²) >= 11 is 3.83. The molecule has 2 rings (SSSR count). The van der Waals surface area contributed by atoms with Crippen molar-refractivity contribution in [2.45, 2.75) is 23.5 Å². The third-order valence-corrected chi connectivity index (χ3v) is 6.02. The maximum absolute atomic E-state index is 13.2. The number of aromatic nitrogens is 1. The topological polar surface area (TPSA) is 50.9 Å². The number of nitrogens with zero attached hydrogens (tertiary/aromatic N) is 1. The van der Waals surface area contributed by atoms with Crippen LogP contribution < -0.4 is 11.3 Å². The minimum absolute atomic E-state index is 0.0500. The van der Waals surface area contributed by atoms with Crippen molar-refractivity contribution < 1.29 is 4.39 Å². The van der Waals surface area contributed by atoms with Crippen molar-refractivity contribution in [2.75, 3.05) is 11.5 Å². The lowest BCUT2D eigenvalue weighted by molar-refractivity contribution is 0.519. The fraction of sp³-hybridized carbons (Fsp3) is 0.545. The van der Waals surface area contributed by atoms with Crippen LogP contribution in [0.4, 0.5) is 4.39 Å². The predicted molar refractivity (Wildman–Crippen MR) is 72.4 cm³/mol. The van der Waals surface area contributed by atoms with E-state index in [0.717, 1.165) is 11.3 Å². The third-order valence-electron chi connectivity index (χ3n) is 2.83. The van der Waals surface area contributed by atoms with E-state index in [9.17, 15) is 4.39 Å². The van der Waals surface area contributed by atoms with Gasteiger partial charge in [0.2, 0.25) is 0 Å². The Hall–Kier alpha value is -0.300. The number of halogens is 1. The lowest BCUT2D eigenvalue weighted by atomic mass is 10.0. The zero-order chi connectivity index (χ0) is 12.3. The van der Waals surface area contributed by atoms with Crippen LogP contribution >= 0.6 is 23.5 Å². The Balaban J connectivity index is 2.20. The van der Waals surface area contributed by atoms with Crippen molar-refractivity contribution in [3.05, 3.63) is 29.8 Å². The van der Waals surface area contributed by atoms with E-state index in [2.05, 4.69) is 17.3 Å². The van der Waals surface area contributed by atoms with Gasteiger partial charge in [-0.1, -0.05) is 6.92 Å². The number of hydrazine groups is 1. The number of thioether (sulfide) groups is 2. The zero-order valence-electron chi connectivity index (χ0n) is 9.60. The molecule has 0 bridgehead atoms. The van der Waals surface area contributed by atoms with E-state index >= 15 is 0 Å². The van der Waals surface area contributed by atoms with Crippen LogP contribution in [0.15, 0.2) is 18.5 Å². The molecule has 0 aromatic carbocycles. The first-order valence-electron chi connectivity index (χ1n) is 5.52. The molecule has 1 aromatic heterocycles. The smallest absolute Gasteiger partial charge is 0.141 e. The van der Waals surface area contributed by atoms with Crippen LogP contribution in [0, 0.1) is 5.82 Å². The van der Waals surface area contributed by atoms with Crippen molar-refractivity contribution in [3.63, 3.8) is 0 Å². The quantitative estimate of drug-likeness (QED) is 0.651. The molecule has 1 aliphatic heterocycles. The summed E-state index contributed by atoms with van der Waals surface area (Å²) in [6, 6.07) is 1.45. The summed E-state index contributed by atoms with van der Waals surface area (Å²) in [6.07, 6.45) is 2.89. The zero-order valence-corrected chi connectivity index (χ0v) is 11.2. The maximum atomic E-state index is 13.2. The molecule has 2 heterocycles. The first-order valence-corrected chi connectivity index (χ1v) is 7.62. The van der Waals surface area contributed by atoms with E-state index in [1.807, 2.05) is 23.5 Å². The number of rotatable bonds is 3. The number of hydrogen-bond donors (Lipinski definition) is 2. The lowest BCUT2D eigenvalue weighted by Crippen LogP contribution is -2.41. The average Bonchev–Trinajstić information content (AvgIpc) is 2.33. The van der Waals surface area contributed by atoms with Crippen LogP contribution in [0.3, 0.4) is 0 Å². The minimum Gasteiger partial charge on any atom is -0.271 e. The molecule has 3 nitrogen and oxygen atoms in total. The van der Waals surface area contributed by atoms with E-state index in [1.54, 1.807) is 6.20 Å². The van der Waals surface area contributed by atoms with Crippen molar-refractivity contribution in [1.82, 2.24) is 10.4 Å². The monoisotopic (exact) mass is 273 g/mol. The van der Waals surface area contributed by atoms with E-state index in [0.29, 0.717) is 10.5 Å². The molecule has 0 amide bonds. The van der Waals surface area contributed by atoms with Gasteiger partial charge >= 0.3 is 0 Å². The highest BCUT2D eigenvalue weighted by Crippen LogP contribution is 2.38. The fourth-order valence-corrected chi connectivity index (χ4v) is 4.93. The van der Waals surface area contributed by atoms with Crippen LogP contribution in [0.25, 0.3) is 0 Å². The van der Waals surface area contributed by atoms with Crippen molar-refractivity contribution >= 4 is 23.5 Å². The van der Waals surface area contributed by atoms with E-state index in [1.165, 1.54) is 18.0 Å². The molecule has 0 radical (unpaired) electrons. The van der Waals surface area contributed by atoms with Crippen LogP contribution in [-0.2, 0) is 0 Å². The minimum atomic E-state index is -0.316. The molecule has 17 heavy (non-hydrogen) atoms. The SMILES string of the molecule is CC1SCCSC1C(NN)c1cncc(F)c1. The second kappa shape index (κ2) is 6.04. The summed E-state index contributed by atoms with van der Waals surface area (Å²) < 4.78 is 13.2. The van der Waals surface area contributed by atoms with Crippen LogP contribution in [0.5, 0.6) is 0 Å². The molecule has 3 N–H and O–H groups in total. The highest BCUT2D eigenvalue weighted by atomic mass is 32.2. The predicted octanol–water partition coefficient (Wildman–Crippen LogP) is 1.96. The standard InChI is InChI=1S/C11H16FN3S2/c1-7-11(17-3-2-16-7)10(15-13)8-4-9(12)6-14-5-8/h4-7,10-11,15H,2-3,13H2,1H3. The van der Waals surface area contributed by atoms with Gasteiger partial charge in [-0.25, -0.2) is 4.39 Å². The maximum Gasteiger partial charge on any atom is 0.141 e. The highest BCUT2D eigenvalue weighted by molar-refractivity contribution is 8.07. The van der Waals surface area contributed by atoms with Gasteiger partial charge in [0.15, 0.2) is 0 Å². The molecule has 1 fully saturated rings. The van der Waals surface area contributed by atoms with E-state index < -0.39 is 0 Å². The summed E-state index contributed by atoms with van der Waals surface area (Å²) in [5.41, 5.74) is 3.62. The van der Waals surface area contributed by atoms with E-state index in [-0.39, 0.29) is 11.9 Å². The normalized spacial score (nSPS) is 26.8. The van der Waals surface area contributed by atoms with Crippen molar-refractivity contribution in [3.8, 4) is 0 Å². The van der Waals surface area contributed by atoms with Gasteiger partial charge in [0.25, 0.3) is 0 Å². The molecule has 0 spiro atoms. The van der Waals surface area contributed by atoms with Gasteiger partial charge in [-0.15, -0.1) is 0 Å². The number of hydrogen-bond acceptors (Lipinski definition) is 5. The van der Waals surface area contributed by atoms with Gasteiger partial charge in [-0.3, -0.25) is 16.3 Å². The Bertz CT molecular complexity index is 377. The van der Waals surface area contributed by atoms with Gasteiger partial charge in [0.1, 0.15) is 5.82 Å². The van der Waals surface area contributed by atoms with Crippen LogP contribution in [0.2, 0.25) is 0 Å². The Morgan fingerprint density at radius 1 is 1.47 bits per heavy atom. The van der Waals surface area contributed by atoms with E-state index in [4.69, 9.17) is 5.84 Å². The largest absolute Gasteiger partial charge is 0.271 e. The average molecular weight is 273 g/mol. The summed E-state index contributed by atoms with van der Waals surface area (Å²) in [7, 11) is 0. The second-order valence-corrected chi connectivity index (χ2v) is 6.76. The van der Waals surface area contributed by atoms with Gasteiger partial charge in [-0.2, -0.15) is 23.5 Å². The Kier molecular flexibility index (Phi) is 4.67. The summed E-state index contributed by atoms with van der Waals surface area (Å²) in [4.78, 5) is 3.89. The van der Waals surface area contributed by atoms with Gasteiger partial charge in [0.05, 0.1) is 12.2 Å². The molecule has 1 aromatic rings.